The maximum Gasteiger partial charge on any atom is 0.240 e. The number of aryl methyl sites for hydroxylation is 1. The molecule has 0 aliphatic carbocycles. The van der Waals surface area contributed by atoms with Crippen LogP contribution in [0.25, 0.3) is 0 Å². The van der Waals surface area contributed by atoms with E-state index in [0.717, 1.165) is 6.42 Å². The number of thioether (sulfide) groups is 1. The lowest BCUT2D eigenvalue weighted by atomic mass is 10.2. The van der Waals surface area contributed by atoms with Crippen LogP contribution in [0.4, 0.5) is 5.69 Å². The van der Waals surface area contributed by atoms with Crippen molar-refractivity contribution in [3.8, 4) is 0 Å². The van der Waals surface area contributed by atoms with Crippen molar-refractivity contribution >= 4 is 39.1 Å². The van der Waals surface area contributed by atoms with Gasteiger partial charge in [-0.1, -0.05) is 18.5 Å². The third kappa shape index (κ3) is 4.56. The van der Waals surface area contributed by atoms with Crippen molar-refractivity contribution in [1.82, 2.24) is 4.72 Å². The average molecular weight is 323 g/mol. The van der Waals surface area contributed by atoms with Gasteiger partial charge in [0.25, 0.3) is 0 Å². The molecule has 19 heavy (non-hydrogen) atoms. The van der Waals surface area contributed by atoms with Gasteiger partial charge in [-0.15, -0.1) is 0 Å². The molecule has 3 N–H and O–H groups in total. The number of hydrogen-bond donors (Lipinski definition) is 2. The molecule has 0 saturated carbocycles. The van der Waals surface area contributed by atoms with Gasteiger partial charge in [-0.05, 0) is 37.3 Å². The fourth-order valence-electron chi connectivity index (χ4n) is 1.52. The molecule has 108 valence electrons. The van der Waals surface area contributed by atoms with Crippen molar-refractivity contribution < 1.29 is 8.42 Å². The third-order valence-electron chi connectivity index (χ3n) is 2.81. The molecule has 0 aromatic heterocycles. The second-order valence-corrected chi connectivity index (χ2v) is 7.80. The molecule has 0 bridgehead atoms. The predicted octanol–water partition coefficient (Wildman–Crippen LogP) is 2.65. The molecule has 4 nitrogen and oxygen atoms in total. The van der Waals surface area contributed by atoms with Gasteiger partial charge in [0.05, 0.1) is 15.6 Å². The fraction of sp³-hybridized carbons (Fsp3) is 0.500. The highest BCUT2D eigenvalue weighted by atomic mass is 35.5. The number of sulfonamides is 1. The summed E-state index contributed by atoms with van der Waals surface area (Å²) in [6.45, 7) is 4.20. The standard InChI is InChI=1S/C12H19ClN2O2S2/c1-8-6-10(7-11(14)12(8)13)19(16,17)15-5-4-9(2)18-3/h6-7,9,15H,4-5,14H2,1-3H3. The van der Waals surface area contributed by atoms with Gasteiger partial charge < -0.3 is 5.73 Å². The fourth-order valence-corrected chi connectivity index (χ4v) is 3.15. The van der Waals surface area contributed by atoms with E-state index in [0.29, 0.717) is 22.4 Å². The molecule has 0 fully saturated rings. The molecule has 0 heterocycles. The highest BCUT2D eigenvalue weighted by Gasteiger charge is 2.16. The quantitative estimate of drug-likeness (QED) is 0.790. The van der Waals surface area contributed by atoms with Gasteiger partial charge in [0.15, 0.2) is 0 Å². The molecule has 1 aromatic carbocycles. The average Bonchev–Trinajstić information content (AvgIpc) is 2.34. The normalized spacial score (nSPS) is 13.5. The molecular formula is C12H19ClN2O2S2. The Bertz CT molecular complexity index is 524. The first kappa shape index (κ1) is 16.6. The highest BCUT2D eigenvalue weighted by molar-refractivity contribution is 7.99. The Balaban J connectivity index is 2.83. The number of halogens is 1. The Morgan fingerprint density at radius 3 is 2.63 bits per heavy atom. The van der Waals surface area contributed by atoms with Gasteiger partial charge in [-0.2, -0.15) is 11.8 Å². The van der Waals surface area contributed by atoms with Crippen molar-refractivity contribution in [3.63, 3.8) is 0 Å². The first-order valence-corrected chi connectivity index (χ1v) is 9.01. The van der Waals surface area contributed by atoms with E-state index in [2.05, 4.69) is 11.6 Å². The van der Waals surface area contributed by atoms with Crippen molar-refractivity contribution in [2.24, 2.45) is 0 Å². The van der Waals surface area contributed by atoms with Crippen molar-refractivity contribution in [2.75, 3.05) is 18.5 Å². The van der Waals surface area contributed by atoms with Crippen molar-refractivity contribution in [3.05, 3.63) is 22.7 Å². The third-order valence-corrected chi connectivity index (χ3v) is 5.81. The molecule has 1 aromatic rings. The van der Waals surface area contributed by atoms with Crippen LogP contribution in [0.3, 0.4) is 0 Å². The van der Waals surface area contributed by atoms with E-state index in [9.17, 15) is 8.42 Å². The van der Waals surface area contributed by atoms with E-state index in [1.54, 1.807) is 18.7 Å². The Labute approximate surface area is 124 Å². The SMILES string of the molecule is CSC(C)CCNS(=O)(=O)c1cc(C)c(Cl)c(N)c1. The molecule has 1 unspecified atom stereocenters. The zero-order chi connectivity index (χ0) is 14.6. The number of anilines is 1. The Kier molecular flexibility index (Phi) is 5.98. The molecule has 7 heteroatoms. The number of rotatable bonds is 6. The van der Waals surface area contributed by atoms with Gasteiger partial charge >= 0.3 is 0 Å². The molecule has 1 rings (SSSR count). The minimum Gasteiger partial charge on any atom is -0.397 e. The van der Waals surface area contributed by atoms with Crippen LogP contribution in [-0.2, 0) is 10.0 Å². The number of hydrogen-bond acceptors (Lipinski definition) is 4. The predicted molar refractivity (Wildman–Crippen MR) is 83.4 cm³/mol. The van der Waals surface area contributed by atoms with E-state index in [1.807, 2.05) is 6.26 Å². The maximum absolute atomic E-state index is 12.1. The molecular weight excluding hydrogens is 304 g/mol. The Morgan fingerprint density at radius 1 is 1.47 bits per heavy atom. The number of benzene rings is 1. The van der Waals surface area contributed by atoms with E-state index >= 15 is 0 Å². The minimum absolute atomic E-state index is 0.156. The maximum atomic E-state index is 12.1. The van der Waals surface area contributed by atoms with Gasteiger partial charge in [0, 0.05) is 11.8 Å². The molecule has 0 spiro atoms. The van der Waals surface area contributed by atoms with E-state index < -0.39 is 10.0 Å². The summed E-state index contributed by atoms with van der Waals surface area (Å²) in [5.74, 6) is 0. The molecule has 1 atom stereocenters. The second kappa shape index (κ2) is 6.83. The van der Waals surface area contributed by atoms with Gasteiger partial charge in [-0.25, -0.2) is 13.1 Å². The molecule has 0 aliphatic rings. The first-order chi connectivity index (χ1) is 8.77. The summed E-state index contributed by atoms with van der Waals surface area (Å²) in [6, 6.07) is 2.91. The topological polar surface area (TPSA) is 72.2 Å². The first-order valence-electron chi connectivity index (χ1n) is 5.86. The van der Waals surface area contributed by atoms with Crippen LogP contribution in [-0.4, -0.2) is 26.5 Å². The summed E-state index contributed by atoms with van der Waals surface area (Å²) in [6.07, 6.45) is 2.78. The van der Waals surface area contributed by atoms with Gasteiger partial charge in [0.2, 0.25) is 10.0 Å². The van der Waals surface area contributed by atoms with Crippen molar-refractivity contribution in [1.29, 1.82) is 0 Å². The van der Waals surface area contributed by atoms with Crippen LogP contribution >= 0.6 is 23.4 Å². The van der Waals surface area contributed by atoms with Crippen LogP contribution < -0.4 is 10.5 Å². The molecule has 0 radical (unpaired) electrons. The Morgan fingerprint density at radius 2 is 2.11 bits per heavy atom. The summed E-state index contributed by atoms with van der Waals surface area (Å²) in [7, 11) is -3.52. The zero-order valence-electron chi connectivity index (χ0n) is 11.2. The smallest absolute Gasteiger partial charge is 0.240 e. The van der Waals surface area contributed by atoms with Crippen LogP contribution in [0.15, 0.2) is 17.0 Å². The highest BCUT2D eigenvalue weighted by Crippen LogP contribution is 2.26. The summed E-state index contributed by atoms with van der Waals surface area (Å²) in [5, 5.41) is 0.815. The summed E-state index contributed by atoms with van der Waals surface area (Å²) >= 11 is 7.63. The number of nitrogen functional groups attached to an aromatic ring is 1. The van der Waals surface area contributed by atoms with Gasteiger partial charge in [0.1, 0.15) is 0 Å². The van der Waals surface area contributed by atoms with E-state index in [4.69, 9.17) is 17.3 Å². The lowest BCUT2D eigenvalue weighted by Crippen LogP contribution is -2.26. The van der Waals surface area contributed by atoms with Crippen LogP contribution in [0.5, 0.6) is 0 Å². The minimum atomic E-state index is -3.52. The molecule has 0 aliphatic heterocycles. The lowest BCUT2D eigenvalue weighted by molar-refractivity contribution is 0.579. The molecule has 0 amide bonds. The van der Waals surface area contributed by atoms with Crippen LogP contribution in [0, 0.1) is 6.92 Å². The summed E-state index contributed by atoms with van der Waals surface area (Å²) in [4.78, 5) is 0.156. The van der Waals surface area contributed by atoms with Crippen LogP contribution in [0.2, 0.25) is 5.02 Å². The summed E-state index contributed by atoms with van der Waals surface area (Å²) < 4.78 is 26.8. The lowest BCUT2D eigenvalue weighted by Gasteiger charge is -2.11. The largest absolute Gasteiger partial charge is 0.397 e. The monoisotopic (exact) mass is 322 g/mol. The van der Waals surface area contributed by atoms with Crippen LogP contribution in [0.1, 0.15) is 18.9 Å². The molecule has 0 saturated heterocycles. The van der Waals surface area contributed by atoms with Crippen molar-refractivity contribution in [2.45, 2.75) is 30.4 Å². The Hall–Kier alpha value is -0.430. The summed E-state index contributed by atoms with van der Waals surface area (Å²) in [5.41, 5.74) is 6.62. The number of nitrogens with one attached hydrogen (secondary N) is 1. The number of nitrogens with two attached hydrogens (primary N) is 1. The second-order valence-electron chi connectivity index (χ2n) is 4.38. The zero-order valence-corrected chi connectivity index (χ0v) is 13.6. The van der Waals surface area contributed by atoms with E-state index in [-0.39, 0.29) is 10.6 Å². The van der Waals surface area contributed by atoms with Gasteiger partial charge in [-0.3, -0.25) is 0 Å². The van der Waals surface area contributed by atoms with E-state index in [1.165, 1.54) is 12.1 Å².